The minimum absolute atomic E-state index is 0.275. The summed E-state index contributed by atoms with van der Waals surface area (Å²) in [5, 5.41) is 3.14. The van der Waals surface area contributed by atoms with Crippen molar-refractivity contribution in [3.05, 3.63) is 27.7 Å². The van der Waals surface area contributed by atoms with Crippen molar-refractivity contribution < 1.29 is 23.9 Å². The van der Waals surface area contributed by atoms with Crippen LogP contribution < -0.4 is 5.32 Å². The summed E-state index contributed by atoms with van der Waals surface area (Å²) in [6, 6.07) is 0. The van der Waals surface area contributed by atoms with E-state index in [2.05, 4.69) is 5.32 Å². The molecule has 1 N–H and O–H groups in total. The van der Waals surface area contributed by atoms with E-state index in [1.807, 2.05) is 0 Å². The van der Waals surface area contributed by atoms with Crippen LogP contribution in [0.2, 0.25) is 0 Å². The molecule has 1 aliphatic rings. The molecule has 0 aromatic carbocycles. The number of hydrogen-bond acceptors (Lipinski definition) is 6. The van der Waals surface area contributed by atoms with E-state index < -0.39 is 24.5 Å². The molecule has 1 heterocycles. The summed E-state index contributed by atoms with van der Waals surface area (Å²) in [5.74, 6) is -1.46. The molecule has 0 saturated carbocycles. The zero-order valence-electron chi connectivity index (χ0n) is 14.1. The third kappa shape index (κ3) is 4.44. The number of rotatable bonds is 6. The summed E-state index contributed by atoms with van der Waals surface area (Å²) < 4.78 is 9.97. The van der Waals surface area contributed by atoms with E-state index in [9.17, 15) is 14.4 Å². The van der Waals surface area contributed by atoms with Gasteiger partial charge in [-0.25, -0.2) is 9.59 Å². The van der Waals surface area contributed by atoms with Gasteiger partial charge in [0.15, 0.2) is 6.61 Å². The van der Waals surface area contributed by atoms with E-state index >= 15 is 0 Å². The zero-order valence-corrected chi connectivity index (χ0v) is 14.9. The lowest BCUT2D eigenvalue weighted by Crippen LogP contribution is -2.21. The van der Waals surface area contributed by atoms with Gasteiger partial charge in [-0.3, -0.25) is 4.79 Å². The van der Waals surface area contributed by atoms with Crippen LogP contribution in [0.15, 0.2) is 11.6 Å². The summed E-state index contributed by atoms with van der Waals surface area (Å²) in [7, 11) is 0. The number of anilines is 1. The molecule has 1 aromatic heterocycles. The van der Waals surface area contributed by atoms with Crippen molar-refractivity contribution in [2.45, 2.75) is 40.0 Å². The monoisotopic (exact) mass is 351 g/mol. The largest absolute Gasteiger partial charge is 0.462 e. The van der Waals surface area contributed by atoms with Crippen molar-refractivity contribution in [2.75, 3.05) is 18.5 Å². The Kier molecular flexibility index (Phi) is 6.14. The van der Waals surface area contributed by atoms with Crippen LogP contribution in [0.1, 0.15) is 48.0 Å². The van der Waals surface area contributed by atoms with Crippen LogP contribution in [0, 0.1) is 0 Å². The Balaban J connectivity index is 2.07. The molecular weight excluding hydrogens is 330 g/mol. The minimum atomic E-state index is -0.565. The summed E-state index contributed by atoms with van der Waals surface area (Å²) >= 11 is 1.39. The second-order valence-electron chi connectivity index (χ2n) is 5.66. The zero-order chi connectivity index (χ0) is 17.7. The average Bonchev–Trinajstić information content (AvgIpc) is 3.04. The third-order valence-corrected chi connectivity index (χ3v) is 4.61. The normalized spacial score (nSPS) is 12.3. The third-order valence-electron chi connectivity index (χ3n) is 3.41. The Labute approximate surface area is 144 Å². The van der Waals surface area contributed by atoms with Gasteiger partial charge in [-0.05, 0) is 45.6 Å². The van der Waals surface area contributed by atoms with Gasteiger partial charge in [-0.15, -0.1) is 11.3 Å². The molecule has 7 heteroatoms. The fourth-order valence-corrected chi connectivity index (χ4v) is 3.78. The maximum absolute atomic E-state index is 12.2. The number of ether oxygens (including phenoxy) is 2. The molecular formula is C17H21NO5S. The van der Waals surface area contributed by atoms with E-state index in [-0.39, 0.29) is 6.61 Å². The number of fused-ring (bicyclic) bond motifs is 1. The summed E-state index contributed by atoms with van der Waals surface area (Å²) in [5.41, 5.74) is 2.20. The lowest BCUT2D eigenvalue weighted by Gasteiger charge is -2.08. The molecule has 6 nitrogen and oxygen atoms in total. The molecule has 0 aliphatic heterocycles. The highest BCUT2D eigenvalue weighted by molar-refractivity contribution is 7.17. The molecule has 0 bridgehead atoms. The van der Waals surface area contributed by atoms with Gasteiger partial charge in [0.25, 0.3) is 5.91 Å². The molecule has 130 valence electrons. The number of nitrogens with one attached hydrogen (secondary N) is 1. The molecule has 1 aromatic rings. The smallest absolute Gasteiger partial charge is 0.341 e. The first-order chi connectivity index (χ1) is 11.4. The predicted molar refractivity (Wildman–Crippen MR) is 91.3 cm³/mol. The first-order valence-corrected chi connectivity index (χ1v) is 8.67. The molecule has 0 radical (unpaired) electrons. The van der Waals surface area contributed by atoms with Gasteiger partial charge >= 0.3 is 11.9 Å². The van der Waals surface area contributed by atoms with Crippen LogP contribution in [-0.4, -0.2) is 31.1 Å². The SMILES string of the molecule is CCOC(=O)c1c(NC(=O)COC(=O)C=C(C)C)sc2c1CCC2. The number of thiophene rings is 1. The predicted octanol–water partition coefficient (Wildman–Crippen LogP) is 2.86. The second-order valence-corrected chi connectivity index (χ2v) is 6.76. The first kappa shape index (κ1) is 18.2. The number of carbonyl (C=O) groups excluding carboxylic acids is 3. The summed E-state index contributed by atoms with van der Waals surface area (Å²) in [6.45, 7) is 5.15. The van der Waals surface area contributed by atoms with E-state index in [0.717, 1.165) is 35.3 Å². The Morgan fingerprint density at radius 1 is 1.21 bits per heavy atom. The highest BCUT2D eigenvalue weighted by atomic mass is 32.1. The van der Waals surface area contributed by atoms with Gasteiger partial charge < -0.3 is 14.8 Å². The molecule has 0 fully saturated rings. The molecule has 1 amide bonds. The number of carbonyl (C=O) groups is 3. The fraction of sp³-hybridized carbons (Fsp3) is 0.471. The molecule has 2 rings (SSSR count). The van der Waals surface area contributed by atoms with Crippen LogP contribution >= 0.6 is 11.3 Å². The number of aryl methyl sites for hydroxylation is 1. The second kappa shape index (κ2) is 8.10. The Bertz CT molecular complexity index is 685. The molecule has 0 unspecified atom stereocenters. The van der Waals surface area contributed by atoms with Crippen LogP contribution in [0.5, 0.6) is 0 Å². The van der Waals surface area contributed by atoms with Gasteiger partial charge in [0.05, 0.1) is 12.2 Å². The van der Waals surface area contributed by atoms with Crippen LogP contribution in [0.25, 0.3) is 0 Å². The average molecular weight is 351 g/mol. The van der Waals surface area contributed by atoms with Crippen molar-refractivity contribution in [3.63, 3.8) is 0 Å². The lowest BCUT2D eigenvalue weighted by molar-refractivity contribution is -0.142. The van der Waals surface area contributed by atoms with Crippen molar-refractivity contribution in [1.82, 2.24) is 0 Å². The van der Waals surface area contributed by atoms with Crippen molar-refractivity contribution in [2.24, 2.45) is 0 Å². The van der Waals surface area contributed by atoms with Crippen molar-refractivity contribution in [3.8, 4) is 0 Å². The van der Waals surface area contributed by atoms with Gasteiger partial charge in [-0.1, -0.05) is 5.57 Å². The number of allylic oxidation sites excluding steroid dienone is 1. The summed E-state index contributed by atoms with van der Waals surface area (Å²) in [6.07, 6.45) is 4.03. The van der Waals surface area contributed by atoms with Crippen LogP contribution in [-0.2, 0) is 31.9 Å². The van der Waals surface area contributed by atoms with Crippen molar-refractivity contribution >= 4 is 34.2 Å². The van der Waals surface area contributed by atoms with Crippen LogP contribution in [0.4, 0.5) is 5.00 Å². The Hall–Kier alpha value is -2.15. The van der Waals surface area contributed by atoms with Gasteiger partial charge in [0.2, 0.25) is 0 Å². The van der Waals surface area contributed by atoms with E-state index in [1.54, 1.807) is 20.8 Å². The fourth-order valence-electron chi connectivity index (χ4n) is 2.49. The quantitative estimate of drug-likeness (QED) is 0.629. The molecule has 0 spiro atoms. The lowest BCUT2D eigenvalue weighted by atomic mass is 10.1. The molecule has 0 saturated heterocycles. The molecule has 1 aliphatic carbocycles. The van der Waals surface area contributed by atoms with Gasteiger partial charge in [0, 0.05) is 11.0 Å². The highest BCUT2D eigenvalue weighted by Gasteiger charge is 2.28. The molecule has 0 atom stereocenters. The van der Waals surface area contributed by atoms with E-state index in [4.69, 9.17) is 9.47 Å². The number of esters is 2. The maximum Gasteiger partial charge on any atom is 0.341 e. The topological polar surface area (TPSA) is 81.7 Å². The standard InChI is InChI=1S/C17H21NO5S/c1-4-22-17(21)15-11-6-5-7-12(11)24-16(15)18-13(19)9-23-14(20)8-10(2)3/h8H,4-7,9H2,1-3H3,(H,18,19). The van der Waals surface area contributed by atoms with Gasteiger partial charge in [-0.2, -0.15) is 0 Å². The highest BCUT2D eigenvalue weighted by Crippen LogP contribution is 2.39. The first-order valence-electron chi connectivity index (χ1n) is 7.85. The van der Waals surface area contributed by atoms with Crippen molar-refractivity contribution in [1.29, 1.82) is 0 Å². The van der Waals surface area contributed by atoms with Gasteiger partial charge in [0.1, 0.15) is 5.00 Å². The van der Waals surface area contributed by atoms with Crippen LogP contribution in [0.3, 0.4) is 0 Å². The summed E-state index contributed by atoms with van der Waals surface area (Å²) in [4.78, 5) is 36.7. The minimum Gasteiger partial charge on any atom is -0.462 e. The maximum atomic E-state index is 12.2. The Morgan fingerprint density at radius 3 is 2.62 bits per heavy atom. The Morgan fingerprint density at radius 2 is 1.96 bits per heavy atom. The number of amides is 1. The molecule has 24 heavy (non-hydrogen) atoms. The number of hydrogen-bond donors (Lipinski definition) is 1. The van der Waals surface area contributed by atoms with E-state index in [1.165, 1.54) is 17.4 Å². The van der Waals surface area contributed by atoms with E-state index in [0.29, 0.717) is 10.6 Å².